The van der Waals surface area contributed by atoms with Crippen LogP contribution in [-0.2, 0) is 4.79 Å². The second kappa shape index (κ2) is 10.2. The van der Waals surface area contributed by atoms with Crippen molar-refractivity contribution < 1.29 is 9.59 Å². The first kappa shape index (κ1) is 23.0. The molecule has 0 saturated heterocycles. The minimum Gasteiger partial charge on any atom is -0.329 e. The van der Waals surface area contributed by atoms with Gasteiger partial charge in [-0.25, -0.2) is 9.48 Å². The van der Waals surface area contributed by atoms with Gasteiger partial charge in [-0.15, -0.1) is 11.3 Å². The highest BCUT2D eigenvalue weighted by atomic mass is 35.5. The summed E-state index contributed by atoms with van der Waals surface area (Å²) >= 11 is 13.8. The van der Waals surface area contributed by atoms with Crippen LogP contribution in [0.25, 0.3) is 16.3 Å². The van der Waals surface area contributed by atoms with E-state index >= 15 is 0 Å². The Balaban J connectivity index is 1.69. The number of thiophene rings is 1. The van der Waals surface area contributed by atoms with E-state index in [2.05, 4.69) is 15.7 Å². The Morgan fingerprint density at radius 2 is 1.94 bits per heavy atom. The molecule has 2 heterocycles. The number of benzene rings is 2. The highest BCUT2D eigenvalue weighted by Gasteiger charge is 2.17. The lowest BCUT2D eigenvalue weighted by atomic mass is 10.0. The number of hydrogen-bond acceptors (Lipinski definition) is 5. The Kier molecular flexibility index (Phi) is 7.10. The van der Waals surface area contributed by atoms with Crippen molar-refractivity contribution in [3.05, 3.63) is 81.7 Å². The summed E-state index contributed by atoms with van der Waals surface area (Å²) in [6, 6.07) is 17.4. The van der Waals surface area contributed by atoms with Crippen LogP contribution in [0, 0.1) is 0 Å². The van der Waals surface area contributed by atoms with Gasteiger partial charge in [0, 0.05) is 12.6 Å². The van der Waals surface area contributed by atoms with E-state index in [0.717, 1.165) is 16.7 Å². The molecule has 2 aromatic heterocycles. The van der Waals surface area contributed by atoms with Crippen molar-refractivity contribution in [3.8, 4) is 16.3 Å². The summed E-state index contributed by atoms with van der Waals surface area (Å²) in [6.07, 6.45) is 0.820. The Morgan fingerprint density at radius 1 is 1.12 bits per heavy atom. The second-order valence-corrected chi connectivity index (χ2v) is 8.79. The van der Waals surface area contributed by atoms with Gasteiger partial charge >= 0.3 is 6.03 Å². The van der Waals surface area contributed by atoms with Crippen molar-refractivity contribution in [1.82, 2.24) is 9.78 Å². The molecule has 0 aliphatic heterocycles. The van der Waals surface area contributed by atoms with Crippen LogP contribution in [0.3, 0.4) is 0 Å². The average molecular weight is 500 g/mol. The number of carbonyl (C=O) groups is 2. The summed E-state index contributed by atoms with van der Waals surface area (Å²) in [5, 5.41) is 12.7. The van der Waals surface area contributed by atoms with Crippen LogP contribution in [-0.4, -0.2) is 28.6 Å². The third-order valence-corrected chi connectivity index (χ3v) is 6.60. The van der Waals surface area contributed by atoms with Gasteiger partial charge in [-0.3, -0.25) is 5.32 Å². The molecular weight excluding hydrogens is 481 g/mol. The molecule has 1 atom stereocenters. The van der Waals surface area contributed by atoms with Crippen LogP contribution in [0.5, 0.6) is 0 Å². The van der Waals surface area contributed by atoms with Crippen LogP contribution in [0.4, 0.5) is 16.3 Å². The maximum Gasteiger partial charge on any atom is 0.324 e. The zero-order chi connectivity index (χ0) is 23.4. The van der Waals surface area contributed by atoms with E-state index in [1.807, 2.05) is 41.8 Å². The number of anilines is 2. The number of aldehydes is 1. The Hall–Kier alpha value is -3.17. The molecule has 0 bridgehead atoms. The number of carbonyl (C=O) groups excluding carboxylic acids is 2. The van der Waals surface area contributed by atoms with Crippen molar-refractivity contribution in [2.45, 2.75) is 5.92 Å². The molecule has 1 unspecified atom stereocenters. The number of rotatable bonds is 7. The zero-order valence-electron chi connectivity index (χ0n) is 17.2. The van der Waals surface area contributed by atoms with Gasteiger partial charge in [0.05, 0.1) is 32.2 Å². The number of halogens is 2. The van der Waals surface area contributed by atoms with Crippen LogP contribution in [0.1, 0.15) is 11.5 Å². The molecule has 0 fully saturated rings. The molecule has 2 aromatic carbocycles. The predicted molar refractivity (Wildman–Crippen MR) is 134 cm³/mol. The van der Waals surface area contributed by atoms with Crippen LogP contribution in [0.2, 0.25) is 10.0 Å². The number of nitrogens with two attached hydrogens (primary N) is 1. The lowest BCUT2D eigenvalue weighted by molar-refractivity contribution is -0.108. The molecule has 168 valence electrons. The van der Waals surface area contributed by atoms with Crippen LogP contribution >= 0.6 is 34.5 Å². The Morgan fingerprint density at radius 3 is 2.67 bits per heavy atom. The normalized spacial score (nSPS) is 11.7. The molecule has 4 N–H and O–H groups in total. The van der Waals surface area contributed by atoms with E-state index in [1.54, 1.807) is 28.9 Å². The quantitative estimate of drug-likeness (QED) is 0.280. The molecule has 0 aliphatic carbocycles. The van der Waals surface area contributed by atoms with Crippen molar-refractivity contribution in [2.75, 3.05) is 17.2 Å². The maximum atomic E-state index is 12.8. The van der Waals surface area contributed by atoms with Gasteiger partial charge < -0.3 is 15.8 Å². The van der Waals surface area contributed by atoms with Gasteiger partial charge in [-0.2, -0.15) is 5.10 Å². The molecule has 0 aliphatic rings. The zero-order valence-corrected chi connectivity index (χ0v) is 19.5. The number of nitrogens with zero attached hydrogens (tertiary/aromatic N) is 2. The SMILES string of the molecule is NCC(C=O)c1cccc(-n2nc(-c3cccs3)cc2NC(=O)Nc2cccc(Cl)c2Cl)c1. The molecule has 0 radical (unpaired) electrons. The fourth-order valence-corrected chi connectivity index (χ4v) is 4.27. The van der Waals surface area contributed by atoms with Gasteiger partial charge in [0.1, 0.15) is 17.8 Å². The molecule has 33 heavy (non-hydrogen) atoms. The minimum absolute atomic E-state index is 0.195. The first-order valence-electron chi connectivity index (χ1n) is 9.92. The van der Waals surface area contributed by atoms with Crippen molar-refractivity contribution in [2.24, 2.45) is 5.73 Å². The summed E-state index contributed by atoms with van der Waals surface area (Å²) in [6.45, 7) is 0.195. The fraction of sp³-hybridized carbons (Fsp3) is 0.0870. The number of nitrogens with one attached hydrogen (secondary N) is 2. The molecule has 2 amide bonds. The molecule has 4 aromatic rings. The standard InChI is InChI=1S/C23H19Cl2N5O2S/c24-17-6-2-7-18(22(17)25)27-23(32)28-21-11-19(20-8-3-9-33-20)29-30(21)16-5-1-4-14(10-16)15(12-26)13-31/h1-11,13,15H,12,26H2,(H2,27,28,32). The van der Waals surface area contributed by atoms with E-state index in [9.17, 15) is 9.59 Å². The van der Waals surface area contributed by atoms with Gasteiger partial charge in [0.2, 0.25) is 0 Å². The molecular formula is C23H19Cl2N5O2S. The van der Waals surface area contributed by atoms with Gasteiger partial charge in [0.25, 0.3) is 0 Å². The van der Waals surface area contributed by atoms with Crippen molar-refractivity contribution in [1.29, 1.82) is 0 Å². The molecule has 7 nitrogen and oxygen atoms in total. The maximum absolute atomic E-state index is 12.8. The second-order valence-electron chi connectivity index (χ2n) is 7.06. The highest BCUT2D eigenvalue weighted by Crippen LogP contribution is 2.31. The Labute approximate surface area is 204 Å². The number of hydrogen-bond donors (Lipinski definition) is 3. The number of urea groups is 1. The third kappa shape index (κ3) is 5.09. The van der Waals surface area contributed by atoms with Gasteiger partial charge in [-0.1, -0.05) is 47.5 Å². The van der Waals surface area contributed by atoms with Crippen LogP contribution < -0.4 is 16.4 Å². The topological polar surface area (TPSA) is 102 Å². The monoisotopic (exact) mass is 499 g/mol. The summed E-state index contributed by atoms with van der Waals surface area (Å²) in [4.78, 5) is 25.1. The molecule has 0 spiro atoms. The number of aromatic nitrogens is 2. The molecule has 10 heteroatoms. The third-order valence-electron chi connectivity index (χ3n) is 4.89. The van der Waals surface area contributed by atoms with Crippen molar-refractivity contribution in [3.63, 3.8) is 0 Å². The van der Waals surface area contributed by atoms with E-state index in [4.69, 9.17) is 28.9 Å². The predicted octanol–water partition coefficient (Wildman–Crippen LogP) is 5.79. The first-order chi connectivity index (χ1) is 16.0. The van der Waals surface area contributed by atoms with E-state index < -0.39 is 11.9 Å². The largest absolute Gasteiger partial charge is 0.329 e. The first-order valence-corrected chi connectivity index (χ1v) is 11.6. The van der Waals surface area contributed by atoms with Gasteiger partial charge in [0.15, 0.2) is 0 Å². The van der Waals surface area contributed by atoms with Gasteiger partial charge in [-0.05, 0) is 41.3 Å². The highest BCUT2D eigenvalue weighted by molar-refractivity contribution is 7.13. The summed E-state index contributed by atoms with van der Waals surface area (Å²) in [5.74, 6) is 0.00330. The molecule has 0 saturated carbocycles. The van der Waals surface area contributed by atoms with E-state index in [-0.39, 0.29) is 11.6 Å². The average Bonchev–Trinajstić information content (AvgIpc) is 3.48. The lowest BCUT2D eigenvalue weighted by Crippen LogP contribution is -2.21. The minimum atomic E-state index is -0.512. The number of amides is 2. The summed E-state index contributed by atoms with van der Waals surface area (Å²) < 4.78 is 1.61. The van der Waals surface area contributed by atoms with E-state index in [0.29, 0.717) is 27.9 Å². The van der Waals surface area contributed by atoms with Crippen molar-refractivity contribution >= 4 is 58.4 Å². The molecule has 4 rings (SSSR count). The van der Waals surface area contributed by atoms with E-state index in [1.165, 1.54) is 11.3 Å². The van der Waals surface area contributed by atoms with Crippen LogP contribution in [0.15, 0.2) is 66.0 Å². The summed E-state index contributed by atoms with van der Waals surface area (Å²) in [7, 11) is 0. The smallest absolute Gasteiger partial charge is 0.324 e. The Bertz CT molecular complexity index is 1290. The summed E-state index contributed by atoms with van der Waals surface area (Å²) in [5.41, 5.74) is 8.23. The fourth-order valence-electron chi connectivity index (χ4n) is 3.24. The lowest BCUT2D eigenvalue weighted by Gasteiger charge is -2.13.